The fourth-order valence-electron chi connectivity index (χ4n) is 3.21. The van der Waals surface area contributed by atoms with Gasteiger partial charge in [0.1, 0.15) is 5.75 Å². The Hall–Kier alpha value is -1.80. The molecule has 1 aromatic carbocycles. The molecule has 27 heavy (non-hydrogen) atoms. The number of hydrogen-bond donors (Lipinski definition) is 2. The van der Waals surface area contributed by atoms with Crippen LogP contribution in [0.5, 0.6) is 5.75 Å². The summed E-state index contributed by atoms with van der Waals surface area (Å²) in [5.74, 6) is 1.88. The molecule has 1 aliphatic heterocycles. The summed E-state index contributed by atoms with van der Waals surface area (Å²) in [5.41, 5.74) is 1.07. The minimum absolute atomic E-state index is 0.148. The maximum atomic E-state index is 12.0. The minimum atomic E-state index is 0.148. The van der Waals surface area contributed by atoms with Gasteiger partial charge in [0.15, 0.2) is 5.96 Å². The topological polar surface area (TPSA) is 69.2 Å². The molecule has 148 valence electrons. The maximum Gasteiger partial charge on any atom is 0.234 e. The predicted molar refractivity (Wildman–Crippen MR) is 110 cm³/mol. The lowest BCUT2D eigenvalue weighted by atomic mass is 10.2. The van der Waals surface area contributed by atoms with Gasteiger partial charge in [0.05, 0.1) is 13.7 Å². The standard InChI is InChI=1S/C19H28BrN5O2/c1-21-19(22-12-14-11-15(20)3-6-17(14)27-2)25-9-7-24(8-10-25)13-18(26)23-16-4-5-16/h3,6,11,16H,4-5,7-10,12-13H2,1-2H3,(H,21,22)(H,23,26). The van der Waals surface area contributed by atoms with Crippen LogP contribution in [-0.2, 0) is 11.3 Å². The van der Waals surface area contributed by atoms with Crippen molar-refractivity contribution in [3.8, 4) is 5.75 Å². The van der Waals surface area contributed by atoms with Crippen LogP contribution in [0, 0.1) is 0 Å². The van der Waals surface area contributed by atoms with Crippen molar-refractivity contribution in [3.05, 3.63) is 28.2 Å². The van der Waals surface area contributed by atoms with Crippen molar-refractivity contribution in [3.63, 3.8) is 0 Å². The molecule has 1 saturated heterocycles. The summed E-state index contributed by atoms with van der Waals surface area (Å²) in [6.45, 7) is 4.56. The summed E-state index contributed by atoms with van der Waals surface area (Å²) in [6.07, 6.45) is 2.26. The first-order valence-electron chi connectivity index (χ1n) is 9.38. The first-order chi connectivity index (χ1) is 13.1. The fourth-order valence-corrected chi connectivity index (χ4v) is 3.62. The minimum Gasteiger partial charge on any atom is -0.496 e. The number of benzene rings is 1. The molecule has 0 aromatic heterocycles. The van der Waals surface area contributed by atoms with Crippen LogP contribution in [0.25, 0.3) is 0 Å². The predicted octanol–water partition coefficient (Wildman–Crippen LogP) is 1.43. The number of nitrogens with one attached hydrogen (secondary N) is 2. The molecule has 7 nitrogen and oxygen atoms in total. The Morgan fingerprint density at radius 2 is 2.04 bits per heavy atom. The first kappa shape index (κ1) is 19.9. The molecule has 2 aliphatic rings. The smallest absolute Gasteiger partial charge is 0.234 e. The van der Waals surface area contributed by atoms with Gasteiger partial charge in [-0.1, -0.05) is 15.9 Å². The van der Waals surface area contributed by atoms with Crippen molar-refractivity contribution in [2.24, 2.45) is 4.99 Å². The third-order valence-electron chi connectivity index (χ3n) is 4.87. The number of methoxy groups -OCH3 is 1. The van der Waals surface area contributed by atoms with E-state index >= 15 is 0 Å². The summed E-state index contributed by atoms with van der Waals surface area (Å²) in [6, 6.07) is 6.40. The number of aliphatic imine (C=N–C) groups is 1. The van der Waals surface area contributed by atoms with E-state index in [0.29, 0.717) is 19.1 Å². The van der Waals surface area contributed by atoms with Gasteiger partial charge < -0.3 is 20.3 Å². The van der Waals surface area contributed by atoms with Gasteiger partial charge in [0.25, 0.3) is 0 Å². The van der Waals surface area contributed by atoms with E-state index < -0.39 is 0 Å². The molecule has 1 amide bonds. The molecule has 1 saturated carbocycles. The van der Waals surface area contributed by atoms with Gasteiger partial charge in [-0.25, -0.2) is 0 Å². The lowest BCUT2D eigenvalue weighted by molar-refractivity contribution is -0.122. The average molecular weight is 438 g/mol. The van der Waals surface area contributed by atoms with Gasteiger partial charge in [0, 0.05) is 55.8 Å². The summed E-state index contributed by atoms with van der Waals surface area (Å²) < 4.78 is 6.46. The molecule has 0 unspecified atom stereocenters. The molecule has 0 bridgehead atoms. The summed E-state index contributed by atoms with van der Waals surface area (Å²) in [4.78, 5) is 20.8. The van der Waals surface area contributed by atoms with E-state index in [4.69, 9.17) is 4.74 Å². The molecule has 0 atom stereocenters. The van der Waals surface area contributed by atoms with Gasteiger partial charge in [-0.15, -0.1) is 0 Å². The lowest BCUT2D eigenvalue weighted by Gasteiger charge is -2.36. The van der Waals surface area contributed by atoms with Crippen LogP contribution in [0.3, 0.4) is 0 Å². The molecule has 2 fully saturated rings. The second-order valence-electron chi connectivity index (χ2n) is 6.96. The van der Waals surface area contributed by atoms with Crippen LogP contribution in [0.15, 0.2) is 27.7 Å². The third kappa shape index (κ3) is 5.84. The van der Waals surface area contributed by atoms with Crippen molar-refractivity contribution in [2.45, 2.75) is 25.4 Å². The Labute approximate surface area is 169 Å². The monoisotopic (exact) mass is 437 g/mol. The summed E-state index contributed by atoms with van der Waals surface area (Å²) in [7, 11) is 3.48. The van der Waals surface area contributed by atoms with E-state index in [1.54, 1.807) is 14.2 Å². The van der Waals surface area contributed by atoms with E-state index in [1.165, 1.54) is 0 Å². The molecule has 1 aliphatic carbocycles. The summed E-state index contributed by atoms with van der Waals surface area (Å²) in [5, 5.41) is 6.48. The van der Waals surface area contributed by atoms with Crippen molar-refractivity contribution < 1.29 is 9.53 Å². The van der Waals surface area contributed by atoms with Gasteiger partial charge >= 0.3 is 0 Å². The van der Waals surface area contributed by atoms with Gasteiger partial charge in [-0.2, -0.15) is 0 Å². The zero-order valence-corrected chi connectivity index (χ0v) is 17.6. The van der Waals surface area contributed by atoms with Gasteiger partial charge in [0.2, 0.25) is 5.91 Å². The SMILES string of the molecule is CN=C(NCc1cc(Br)ccc1OC)N1CCN(CC(=O)NC2CC2)CC1. The number of ether oxygens (including phenoxy) is 1. The molecular formula is C19H28BrN5O2. The number of guanidine groups is 1. The third-order valence-corrected chi connectivity index (χ3v) is 5.37. The highest BCUT2D eigenvalue weighted by atomic mass is 79.9. The van der Waals surface area contributed by atoms with Crippen molar-refractivity contribution in [1.82, 2.24) is 20.4 Å². The van der Waals surface area contributed by atoms with E-state index in [1.807, 2.05) is 12.1 Å². The van der Waals surface area contributed by atoms with Gasteiger partial charge in [-0.3, -0.25) is 14.7 Å². The maximum absolute atomic E-state index is 12.0. The number of carbonyl (C=O) groups excluding carboxylic acids is 1. The molecule has 2 N–H and O–H groups in total. The molecule has 1 heterocycles. The largest absolute Gasteiger partial charge is 0.496 e. The van der Waals surface area contributed by atoms with E-state index in [0.717, 1.165) is 60.8 Å². The Balaban J connectivity index is 1.47. The normalized spacial score (nSPS) is 18.3. The Morgan fingerprint density at radius 1 is 1.30 bits per heavy atom. The number of rotatable bonds is 6. The second-order valence-corrected chi connectivity index (χ2v) is 7.88. The Bertz CT molecular complexity index is 685. The molecule has 0 radical (unpaired) electrons. The van der Waals surface area contributed by atoms with E-state index in [2.05, 4.69) is 47.4 Å². The van der Waals surface area contributed by atoms with Crippen LogP contribution in [0.2, 0.25) is 0 Å². The van der Waals surface area contributed by atoms with Crippen LogP contribution < -0.4 is 15.4 Å². The van der Waals surface area contributed by atoms with Crippen LogP contribution >= 0.6 is 15.9 Å². The van der Waals surface area contributed by atoms with Crippen molar-refractivity contribution in [1.29, 1.82) is 0 Å². The number of nitrogens with zero attached hydrogens (tertiary/aromatic N) is 3. The molecule has 8 heteroatoms. The highest BCUT2D eigenvalue weighted by molar-refractivity contribution is 9.10. The fraction of sp³-hybridized carbons (Fsp3) is 0.579. The number of hydrogen-bond acceptors (Lipinski definition) is 4. The molecule has 1 aromatic rings. The van der Waals surface area contributed by atoms with Crippen LogP contribution in [0.1, 0.15) is 18.4 Å². The number of halogens is 1. The number of amides is 1. The molecule has 0 spiro atoms. The van der Waals surface area contributed by atoms with Gasteiger partial charge in [-0.05, 0) is 31.0 Å². The highest BCUT2D eigenvalue weighted by Crippen LogP contribution is 2.23. The van der Waals surface area contributed by atoms with Crippen LogP contribution in [-0.4, -0.2) is 74.6 Å². The summed E-state index contributed by atoms with van der Waals surface area (Å²) >= 11 is 3.51. The zero-order valence-electron chi connectivity index (χ0n) is 16.0. The van der Waals surface area contributed by atoms with E-state index in [9.17, 15) is 4.79 Å². The average Bonchev–Trinajstić information content (AvgIpc) is 3.47. The van der Waals surface area contributed by atoms with Crippen LogP contribution in [0.4, 0.5) is 0 Å². The van der Waals surface area contributed by atoms with Crippen molar-refractivity contribution in [2.75, 3.05) is 46.9 Å². The second kappa shape index (κ2) is 9.41. The highest BCUT2D eigenvalue weighted by Gasteiger charge is 2.25. The number of carbonyl (C=O) groups is 1. The van der Waals surface area contributed by atoms with E-state index in [-0.39, 0.29) is 5.91 Å². The quantitative estimate of drug-likeness (QED) is 0.520. The lowest BCUT2D eigenvalue weighted by Crippen LogP contribution is -2.54. The van der Waals surface area contributed by atoms with Crippen molar-refractivity contribution >= 4 is 27.8 Å². The number of piperazine rings is 1. The molecule has 3 rings (SSSR count). The molecular weight excluding hydrogens is 410 g/mol. The zero-order chi connectivity index (χ0) is 19.2. The first-order valence-corrected chi connectivity index (χ1v) is 10.2. The Morgan fingerprint density at radius 3 is 2.67 bits per heavy atom. The Kier molecular flexibility index (Phi) is 6.95.